The van der Waals surface area contributed by atoms with Crippen molar-refractivity contribution < 1.29 is 9.59 Å². The number of nitrogens with zero attached hydrogens (tertiary/aromatic N) is 2. The molecule has 1 aromatic heterocycles. The Morgan fingerprint density at radius 2 is 1.67 bits per heavy atom. The van der Waals surface area contributed by atoms with E-state index in [1.54, 1.807) is 6.92 Å². The van der Waals surface area contributed by atoms with Gasteiger partial charge in [0.25, 0.3) is 5.91 Å². The Kier molecular flexibility index (Phi) is 5.14. The van der Waals surface area contributed by atoms with Gasteiger partial charge in [0.05, 0.1) is 11.1 Å². The first-order valence-electron chi connectivity index (χ1n) is 10.5. The van der Waals surface area contributed by atoms with Crippen molar-refractivity contribution in [2.45, 2.75) is 39.2 Å². The first-order valence-corrected chi connectivity index (χ1v) is 10.5. The smallest absolute Gasteiger partial charge is 0.270 e. The van der Waals surface area contributed by atoms with E-state index in [1.165, 1.54) is 11.1 Å². The Labute approximate surface area is 177 Å². The van der Waals surface area contributed by atoms with E-state index >= 15 is 0 Å². The van der Waals surface area contributed by atoms with Gasteiger partial charge in [-0.1, -0.05) is 42.0 Å². The lowest BCUT2D eigenvalue weighted by atomic mass is 9.80. The molecule has 2 amide bonds. The topological polar surface area (TPSA) is 54.3 Å². The molecule has 1 fully saturated rings. The van der Waals surface area contributed by atoms with Crippen LogP contribution in [0.4, 0.5) is 0 Å². The van der Waals surface area contributed by atoms with E-state index in [0.717, 1.165) is 16.5 Å². The van der Waals surface area contributed by atoms with E-state index in [0.29, 0.717) is 31.6 Å². The highest BCUT2D eigenvalue weighted by atomic mass is 16.2. The predicted molar refractivity (Wildman–Crippen MR) is 119 cm³/mol. The number of piperidine rings is 1. The molecular formula is C25H29N3O2. The molecule has 2 aromatic carbocycles. The van der Waals surface area contributed by atoms with Crippen LogP contribution in [0.5, 0.6) is 0 Å². The lowest BCUT2D eigenvalue weighted by molar-refractivity contribution is -0.121. The van der Waals surface area contributed by atoms with Crippen molar-refractivity contribution in [3.63, 3.8) is 0 Å². The summed E-state index contributed by atoms with van der Waals surface area (Å²) in [6.45, 7) is 6.94. The minimum Gasteiger partial charge on any atom is -0.347 e. The lowest BCUT2D eigenvalue weighted by Gasteiger charge is -2.42. The molecule has 2 heterocycles. The van der Waals surface area contributed by atoms with E-state index in [-0.39, 0.29) is 11.8 Å². The molecule has 3 aromatic rings. The van der Waals surface area contributed by atoms with Crippen molar-refractivity contribution >= 4 is 22.7 Å². The second kappa shape index (κ2) is 7.63. The first-order chi connectivity index (χ1) is 14.3. The van der Waals surface area contributed by atoms with Gasteiger partial charge in [0.15, 0.2) is 0 Å². The number of benzene rings is 2. The summed E-state index contributed by atoms with van der Waals surface area (Å²) in [6, 6.07) is 16.4. The molecule has 30 heavy (non-hydrogen) atoms. The van der Waals surface area contributed by atoms with Crippen LogP contribution in [0.15, 0.2) is 48.5 Å². The highest BCUT2D eigenvalue weighted by Gasteiger charge is 2.38. The third kappa shape index (κ3) is 3.49. The quantitative estimate of drug-likeness (QED) is 0.717. The predicted octanol–water partition coefficient (Wildman–Crippen LogP) is 4.06. The van der Waals surface area contributed by atoms with Crippen molar-refractivity contribution in [2.75, 3.05) is 13.1 Å². The standard InChI is InChI=1S/C25H29N3O2/c1-17-14-18(2)23-20(15-17)16-22(27(23)4)24(30)28-12-10-25(11-13-28,26-19(3)29)21-8-6-5-7-9-21/h5-9,14-16H,10-13H2,1-4H3,(H,26,29). The van der Waals surface area contributed by atoms with Gasteiger partial charge in [0.2, 0.25) is 5.91 Å². The van der Waals surface area contributed by atoms with Crippen molar-refractivity contribution in [1.29, 1.82) is 0 Å². The summed E-state index contributed by atoms with van der Waals surface area (Å²) in [7, 11) is 1.97. The molecule has 1 aliphatic rings. The molecule has 5 heteroatoms. The van der Waals surface area contributed by atoms with Gasteiger partial charge in [-0.2, -0.15) is 0 Å². The molecule has 1 saturated heterocycles. The molecule has 0 saturated carbocycles. The third-order valence-corrected chi connectivity index (χ3v) is 6.33. The van der Waals surface area contributed by atoms with Gasteiger partial charge in [0.1, 0.15) is 5.69 Å². The average molecular weight is 404 g/mol. The van der Waals surface area contributed by atoms with Crippen LogP contribution < -0.4 is 5.32 Å². The SMILES string of the molecule is CC(=O)NC1(c2ccccc2)CCN(C(=O)c2cc3cc(C)cc(C)c3n2C)CC1. The maximum atomic E-state index is 13.4. The number of nitrogens with one attached hydrogen (secondary N) is 1. The van der Waals surface area contributed by atoms with Gasteiger partial charge >= 0.3 is 0 Å². The van der Waals surface area contributed by atoms with E-state index in [9.17, 15) is 9.59 Å². The summed E-state index contributed by atoms with van der Waals surface area (Å²) in [5.41, 5.74) is 4.88. The monoisotopic (exact) mass is 403 g/mol. The molecule has 0 aliphatic carbocycles. The number of carbonyl (C=O) groups is 2. The number of fused-ring (bicyclic) bond motifs is 1. The number of hydrogen-bond donors (Lipinski definition) is 1. The van der Waals surface area contributed by atoms with E-state index in [2.05, 4.69) is 43.4 Å². The number of aryl methyl sites for hydroxylation is 3. The van der Waals surface area contributed by atoms with Gasteiger partial charge in [-0.3, -0.25) is 9.59 Å². The molecule has 156 valence electrons. The molecule has 0 spiro atoms. The summed E-state index contributed by atoms with van der Waals surface area (Å²) in [4.78, 5) is 27.2. The first kappa shape index (κ1) is 20.2. The second-order valence-corrected chi connectivity index (χ2v) is 8.53. The highest BCUT2D eigenvalue weighted by Crippen LogP contribution is 2.34. The number of carbonyl (C=O) groups excluding carboxylic acids is 2. The Hall–Kier alpha value is -3.08. The average Bonchev–Trinajstić information content (AvgIpc) is 3.04. The van der Waals surface area contributed by atoms with E-state index in [1.807, 2.05) is 40.8 Å². The summed E-state index contributed by atoms with van der Waals surface area (Å²) in [5.74, 6) is 0.00778. The van der Waals surface area contributed by atoms with Crippen LogP contribution in [0.1, 0.15) is 46.9 Å². The Morgan fingerprint density at radius 3 is 2.30 bits per heavy atom. The normalized spacial score (nSPS) is 15.9. The van der Waals surface area contributed by atoms with Crippen LogP contribution in [0.25, 0.3) is 10.9 Å². The van der Waals surface area contributed by atoms with Crippen molar-refractivity contribution in [1.82, 2.24) is 14.8 Å². The van der Waals surface area contributed by atoms with Crippen molar-refractivity contribution in [3.05, 3.63) is 70.9 Å². The van der Waals surface area contributed by atoms with Crippen molar-refractivity contribution in [3.8, 4) is 0 Å². The molecule has 0 bridgehead atoms. The van der Waals surface area contributed by atoms with Crippen LogP contribution in [0.2, 0.25) is 0 Å². The van der Waals surface area contributed by atoms with Crippen LogP contribution in [-0.2, 0) is 17.4 Å². The van der Waals surface area contributed by atoms with Crippen molar-refractivity contribution in [2.24, 2.45) is 7.05 Å². The van der Waals surface area contributed by atoms with Gasteiger partial charge in [-0.15, -0.1) is 0 Å². The van der Waals surface area contributed by atoms with Gasteiger partial charge in [-0.05, 0) is 49.9 Å². The fourth-order valence-corrected chi connectivity index (χ4v) is 4.96. The van der Waals surface area contributed by atoms with Crippen LogP contribution in [0.3, 0.4) is 0 Å². The Balaban J connectivity index is 1.60. The molecule has 0 unspecified atom stereocenters. The number of likely N-dealkylation sites (tertiary alicyclic amines) is 1. The zero-order valence-electron chi connectivity index (χ0n) is 18.2. The number of hydrogen-bond acceptors (Lipinski definition) is 2. The van der Waals surface area contributed by atoms with Crippen LogP contribution >= 0.6 is 0 Å². The van der Waals surface area contributed by atoms with E-state index in [4.69, 9.17) is 0 Å². The molecular weight excluding hydrogens is 374 g/mol. The lowest BCUT2D eigenvalue weighted by Crippen LogP contribution is -2.53. The second-order valence-electron chi connectivity index (χ2n) is 8.53. The maximum Gasteiger partial charge on any atom is 0.270 e. The Morgan fingerprint density at radius 1 is 1.00 bits per heavy atom. The van der Waals surface area contributed by atoms with Gasteiger partial charge in [0, 0.05) is 32.4 Å². The van der Waals surface area contributed by atoms with E-state index < -0.39 is 5.54 Å². The number of rotatable bonds is 3. The summed E-state index contributed by atoms with van der Waals surface area (Å²) >= 11 is 0. The van der Waals surface area contributed by atoms with Gasteiger partial charge < -0.3 is 14.8 Å². The summed E-state index contributed by atoms with van der Waals surface area (Å²) in [6.07, 6.45) is 1.40. The minimum atomic E-state index is -0.420. The molecule has 0 atom stereocenters. The number of amides is 2. The molecule has 1 N–H and O–H groups in total. The summed E-state index contributed by atoms with van der Waals surface area (Å²) < 4.78 is 2.01. The number of aromatic nitrogens is 1. The molecule has 0 radical (unpaired) electrons. The minimum absolute atomic E-state index is 0.0434. The highest BCUT2D eigenvalue weighted by molar-refractivity contribution is 5.99. The Bertz CT molecular complexity index is 1110. The third-order valence-electron chi connectivity index (χ3n) is 6.33. The maximum absolute atomic E-state index is 13.4. The van der Waals surface area contributed by atoms with Crippen LogP contribution in [0, 0.1) is 13.8 Å². The van der Waals surface area contributed by atoms with Crippen LogP contribution in [-0.4, -0.2) is 34.4 Å². The largest absolute Gasteiger partial charge is 0.347 e. The molecule has 4 rings (SSSR count). The summed E-state index contributed by atoms with van der Waals surface area (Å²) in [5, 5.41) is 4.28. The zero-order chi connectivity index (χ0) is 21.5. The van der Waals surface area contributed by atoms with Gasteiger partial charge in [-0.25, -0.2) is 0 Å². The zero-order valence-corrected chi connectivity index (χ0v) is 18.2. The molecule has 5 nitrogen and oxygen atoms in total. The fourth-order valence-electron chi connectivity index (χ4n) is 4.96. The molecule has 1 aliphatic heterocycles. The fraction of sp³-hybridized carbons (Fsp3) is 0.360.